The molecule has 0 unspecified atom stereocenters. The van der Waals surface area contributed by atoms with Crippen molar-refractivity contribution in [2.24, 2.45) is 0 Å². The van der Waals surface area contributed by atoms with E-state index in [2.05, 4.69) is 4.72 Å². The molecule has 0 radical (unpaired) electrons. The Balaban J connectivity index is 1.89. The summed E-state index contributed by atoms with van der Waals surface area (Å²) in [7, 11) is -3.74. The van der Waals surface area contributed by atoms with Crippen molar-refractivity contribution in [3.8, 4) is 0 Å². The number of carbonyl (C=O) groups is 1. The summed E-state index contributed by atoms with van der Waals surface area (Å²) >= 11 is 5.95. The smallest absolute Gasteiger partial charge is 0.321 e. The number of hydrogen-bond donors (Lipinski definition) is 1. The SMILES string of the molecule is Cc1ccc(S(=O)(=O)NCC(=O)OCc2ccccc2Cl)cc1. The molecule has 0 aliphatic heterocycles. The first-order valence-corrected chi connectivity index (χ1v) is 8.70. The van der Waals surface area contributed by atoms with Crippen molar-refractivity contribution < 1.29 is 17.9 Å². The van der Waals surface area contributed by atoms with E-state index in [9.17, 15) is 13.2 Å². The zero-order valence-corrected chi connectivity index (χ0v) is 14.0. The number of rotatable bonds is 6. The average Bonchev–Trinajstić information content (AvgIpc) is 2.53. The molecule has 7 heteroatoms. The van der Waals surface area contributed by atoms with Crippen LogP contribution in [-0.2, 0) is 26.2 Å². The molecule has 0 aliphatic rings. The van der Waals surface area contributed by atoms with E-state index >= 15 is 0 Å². The summed E-state index contributed by atoms with van der Waals surface area (Å²) in [6, 6.07) is 13.3. The highest BCUT2D eigenvalue weighted by Crippen LogP contribution is 2.15. The van der Waals surface area contributed by atoms with Gasteiger partial charge in [0.1, 0.15) is 13.2 Å². The topological polar surface area (TPSA) is 72.5 Å². The fraction of sp³-hybridized carbons (Fsp3) is 0.188. The molecule has 23 heavy (non-hydrogen) atoms. The molecule has 1 N–H and O–H groups in total. The highest BCUT2D eigenvalue weighted by atomic mass is 35.5. The van der Waals surface area contributed by atoms with Crippen LogP contribution in [0.3, 0.4) is 0 Å². The van der Waals surface area contributed by atoms with Crippen molar-refractivity contribution in [1.29, 1.82) is 0 Å². The van der Waals surface area contributed by atoms with Crippen molar-refractivity contribution in [3.63, 3.8) is 0 Å². The second kappa shape index (κ2) is 7.59. The molecule has 0 saturated carbocycles. The van der Waals surface area contributed by atoms with Gasteiger partial charge >= 0.3 is 5.97 Å². The number of carbonyl (C=O) groups excluding carboxylic acids is 1. The molecule has 2 rings (SSSR count). The highest BCUT2D eigenvalue weighted by molar-refractivity contribution is 7.89. The summed E-state index contributed by atoms with van der Waals surface area (Å²) < 4.78 is 31.3. The highest BCUT2D eigenvalue weighted by Gasteiger charge is 2.16. The molecule has 0 aromatic heterocycles. The predicted molar refractivity (Wildman–Crippen MR) is 87.6 cm³/mol. The van der Waals surface area contributed by atoms with Gasteiger partial charge in [-0.25, -0.2) is 8.42 Å². The number of nitrogens with one attached hydrogen (secondary N) is 1. The minimum atomic E-state index is -3.74. The van der Waals surface area contributed by atoms with Gasteiger partial charge in [-0.3, -0.25) is 4.79 Å². The van der Waals surface area contributed by atoms with Gasteiger partial charge in [0.15, 0.2) is 0 Å². The molecule has 2 aromatic rings. The number of hydrogen-bond acceptors (Lipinski definition) is 4. The summed E-state index contributed by atoms with van der Waals surface area (Å²) in [5.74, 6) is -0.680. The van der Waals surface area contributed by atoms with Crippen LogP contribution >= 0.6 is 11.6 Å². The average molecular weight is 354 g/mol. The third-order valence-corrected chi connectivity index (χ3v) is 4.87. The molecule has 0 spiro atoms. The molecule has 5 nitrogen and oxygen atoms in total. The standard InChI is InChI=1S/C16H16ClNO4S/c1-12-6-8-14(9-7-12)23(20,21)18-10-16(19)22-11-13-4-2-3-5-15(13)17/h2-9,18H,10-11H2,1H3. The summed E-state index contributed by atoms with van der Waals surface area (Å²) in [6.45, 7) is 1.40. The molecule has 0 heterocycles. The summed E-state index contributed by atoms with van der Waals surface area (Å²) in [5.41, 5.74) is 1.60. The van der Waals surface area contributed by atoms with Gasteiger partial charge in [0, 0.05) is 10.6 Å². The summed E-state index contributed by atoms with van der Waals surface area (Å²) in [6.07, 6.45) is 0. The van der Waals surface area contributed by atoms with Crippen molar-refractivity contribution >= 4 is 27.6 Å². The van der Waals surface area contributed by atoms with E-state index in [1.807, 2.05) is 6.92 Å². The van der Waals surface area contributed by atoms with Crippen LogP contribution in [-0.4, -0.2) is 20.9 Å². The van der Waals surface area contributed by atoms with Crippen molar-refractivity contribution in [3.05, 3.63) is 64.7 Å². The van der Waals surface area contributed by atoms with Gasteiger partial charge in [0.2, 0.25) is 10.0 Å². The molecule has 0 saturated heterocycles. The maximum absolute atomic E-state index is 12.0. The maximum Gasteiger partial charge on any atom is 0.321 e. The van der Waals surface area contributed by atoms with Crippen LogP contribution in [0.15, 0.2) is 53.4 Å². The normalized spacial score (nSPS) is 11.2. The lowest BCUT2D eigenvalue weighted by atomic mass is 10.2. The van der Waals surface area contributed by atoms with Gasteiger partial charge in [0.25, 0.3) is 0 Å². The van der Waals surface area contributed by atoms with Gasteiger partial charge in [-0.2, -0.15) is 4.72 Å². The van der Waals surface area contributed by atoms with Gasteiger partial charge in [-0.05, 0) is 25.1 Å². The van der Waals surface area contributed by atoms with Crippen LogP contribution in [0.1, 0.15) is 11.1 Å². The largest absolute Gasteiger partial charge is 0.460 e. The summed E-state index contributed by atoms with van der Waals surface area (Å²) in [5, 5.41) is 0.487. The van der Waals surface area contributed by atoms with Gasteiger partial charge < -0.3 is 4.74 Å². The Hall–Kier alpha value is -1.89. The Morgan fingerprint density at radius 1 is 1.13 bits per heavy atom. The lowest BCUT2D eigenvalue weighted by Gasteiger charge is -2.08. The fourth-order valence-electron chi connectivity index (χ4n) is 1.78. The summed E-state index contributed by atoms with van der Waals surface area (Å²) in [4.78, 5) is 11.8. The number of aryl methyl sites for hydroxylation is 1. The first kappa shape index (κ1) is 17.5. The lowest BCUT2D eigenvalue weighted by molar-refractivity contribution is -0.143. The second-order valence-electron chi connectivity index (χ2n) is 4.89. The first-order chi connectivity index (χ1) is 10.9. The molecular formula is C16H16ClNO4S. The number of halogens is 1. The quantitative estimate of drug-likeness (QED) is 0.810. The van der Waals surface area contributed by atoms with E-state index in [4.69, 9.17) is 16.3 Å². The van der Waals surface area contributed by atoms with Crippen LogP contribution in [0.5, 0.6) is 0 Å². The number of benzene rings is 2. The Bertz CT molecular complexity index is 788. The zero-order valence-electron chi connectivity index (χ0n) is 12.5. The Labute approximate surface area is 140 Å². The second-order valence-corrected chi connectivity index (χ2v) is 7.06. The lowest BCUT2D eigenvalue weighted by Crippen LogP contribution is -2.30. The molecule has 0 atom stereocenters. The van der Waals surface area contributed by atoms with Crippen LogP contribution in [0, 0.1) is 6.92 Å². The Kier molecular flexibility index (Phi) is 5.76. The van der Waals surface area contributed by atoms with Crippen molar-refractivity contribution in [2.75, 3.05) is 6.54 Å². The number of esters is 1. The Morgan fingerprint density at radius 2 is 1.78 bits per heavy atom. The van der Waals surface area contributed by atoms with E-state index in [0.29, 0.717) is 10.6 Å². The van der Waals surface area contributed by atoms with E-state index in [1.165, 1.54) is 12.1 Å². The zero-order chi connectivity index (χ0) is 16.9. The maximum atomic E-state index is 12.0. The third-order valence-electron chi connectivity index (χ3n) is 3.08. The van der Waals surface area contributed by atoms with E-state index in [1.54, 1.807) is 36.4 Å². The number of ether oxygens (including phenoxy) is 1. The van der Waals surface area contributed by atoms with Crippen LogP contribution in [0.4, 0.5) is 0 Å². The molecule has 0 aliphatic carbocycles. The minimum absolute atomic E-state index is 0.00916. The molecule has 122 valence electrons. The van der Waals surface area contributed by atoms with Crippen LogP contribution < -0.4 is 4.72 Å². The Morgan fingerprint density at radius 3 is 2.43 bits per heavy atom. The predicted octanol–water partition coefficient (Wildman–Crippen LogP) is 2.67. The molecule has 0 bridgehead atoms. The molecular weight excluding hydrogens is 338 g/mol. The van der Waals surface area contributed by atoms with Crippen molar-refractivity contribution in [1.82, 2.24) is 4.72 Å². The fourth-order valence-corrected chi connectivity index (χ4v) is 2.94. The van der Waals surface area contributed by atoms with E-state index in [0.717, 1.165) is 5.56 Å². The van der Waals surface area contributed by atoms with Gasteiger partial charge in [0.05, 0.1) is 4.90 Å². The first-order valence-electron chi connectivity index (χ1n) is 6.84. The molecule has 0 amide bonds. The molecule has 0 fully saturated rings. The van der Waals surface area contributed by atoms with Gasteiger partial charge in [-0.15, -0.1) is 0 Å². The van der Waals surface area contributed by atoms with E-state index in [-0.39, 0.29) is 11.5 Å². The van der Waals surface area contributed by atoms with Crippen molar-refractivity contribution in [2.45, 2.75) is 18.4 Å². The molecule has 2 aromatic carbocycles. The van der Waals surface area contributed by atoms with Crippen LogP contribution in [0.2, 0.25) is 5.02 Å². The minimum Gasteiger partial charge on any atom is -0.460 e. The van der Waals surface area contributed by atoms with E-state index < -0.39 is 22.5 Å². The number of sulfonamides is 1. The monoisotopic (exact) mass is 353 g/mol. The van der Waals surface area contributed by atoms with Crippen LogP contribution in [0.25, 0.3) is 0 Å². The third kappa shape index (κ3) is 5.06. The van der Waals surface area contributed by atoms with Gasteiger partial charge in [-0.1, -0.05) is 47.5 Å².